The Hall–Kier alpha value is -3.79. The number of hydrogen-bond acceptors (Lipinski definition) is 12. The molecule has 3 heterocycles. The maximum absolute atomic E-state index is 12.5. The van der Waals surface area contributed by atoms with E-state index in [1.807, 2.05) is 0 Å². The average molecular weight is 592 g/mol. The van der Waals surface area contributed by atoms with Crippen LogP contribution in [0.4, 0.5) is 30.8 Å². The van der Waals surface area contributed by atoms with E-state index >= 15 is 0 Å². The number of nitrogens with one attached hydrogen (secondary N) is 2. The van der Waals surface area contributed by atoms with Gasteiger partial charge in [-0.15, -0.1) is 24.5 Å². The van der Waals surface area contributed by atoms with Crippen molar-refractivity contribution in [2.45, 2.75) is 50.9 Å². The molecule has 1 saturated carbocycles. The molecule has 4 aromatic rings. The van der Waals surface area contributed by atoms with Crippen LogP contribution >= 0.6 is 11.3 Å². The van der Waals surface area contributed by atoms with Crippen LogP contribution in [0.25, 0.3) is 20.8 Å². The first-order chi connectivity index (χ1) is 19.4. The number of rotatable bonds is 8. The van der Waals surface area contributed by atoms with E-state index in [-0.39, 0.29) is 24.1 Å². The number of aliphatic hydroxyl groups excluding tert-OH is 3. The molecule has 218 valence electrons. The van der Waals surface area contributed by atoms with Gasteiger partial charge in [-0.25, -0.2) is 15.0 Å². The second-order valence-electron chi connectivity index (χ2n) is 9.81. The largest absolute Gasteiger partial charge is 0.573 e. The van der Waals surface area contributed by atoms with Crippen molar-refractivity contribution in [2.24, 2.45) is 5.92 Å². The normalized spacial score (nSPS) is 21.7. The van der Waals surface area contributed by atoms with Crippen LogP contribution in [-0.2, 0) is 0 Å². The lowest BCUT2D eigenvalue weighted by molar-refractivity contribution is -0.274. The van der Waals surface area contributed by atoms with Gasteiger partial charge in [-0.05, 0) is 44.0 Å². The van der Waals surface area contributed by atoms with Crippen molar-refractivity contribution in [1.29, 1.82) is 0 Å². The van der Waals surface area contributed by atoms with Gasteiger partial charge in [0.05, 0.1) is 34.1 Å². The number of alkyl halides is 3. The Labute approximate surface area is 236 Å². The van der Waals surface area contributed by atoms with Crippen molar-refractivity contribution in [1.82, 2.24) is 19.9 Å². The highest BCUT2D eigenvalue weighted by molar-refractivity contribution is 7.21. The Kier molecular flexibility index (Phi) is 7.87. The molecule has 5 rings (SSSR count). The number of aromatic nitrogens is 4. The molecule has 7 N–H and O–H groups in total. The van der Waals surface area contributed by atoms with Crippen molar-refractivity contribution < 1.29 is 33.2 Å². The first-order valence-corrected chi connectivity index (χ1v) is 13.5. The average Bonchev–Trinajstić information content (AvgIpc) is 3.45. The third kappa shape index (κ3) is 6.12. The summed E-state index contributed by atoms with van der Waals surface area (Å²) in [5, 5.41) is 37.6. The molecule has 0 saturated heterocycles. The SMILES string of the molecule is Cc1nc(N[C@H](C)c2ccc(OC(F)(F)F)cc2)nc(N[C@@H]2C[C@H](CO)[C@@H](O)[C@H]2O)c1-c1nc2c(N)nccc2s1. The van der Waals surface area contributed by atoms with Gasteiger partial charge in [0.2, 0.25) is 5.95 Å². The van der Waals surface area contributed by atoms with E-state index < -0.39 is 36.6 Å². The van der Waals surface area contributed by atoms with Crippen molar-refractivity contribution in [3.8, 4) is 16.3 Å². The van der Waals surface area contributed by atoms with E-state index in [1.54, 1.807) is 26.1 Å². The number of anilines is 3. The molecule has 11 nitrogen and oxygen atoms in total. The number of aliphatic hydroxyl groups is 3. The minimum absolute atomic E-state index is 0.214. The van der Waals surface area contributed by atoms with Crippen LogP contribution in [-0.4, -0.2) is 66.5 Å². The highest BCUT2D eigenvalue weighted by Crippen LogP contribution is 2.39. The van der Waals surface area contributed by atoms with Crippen LogP contribution in [0.2, 0.25) is 0 Å². The number of fused-ring (bicyclic) bond motifs is 1. The molecule has 5 atom stereocenters. The van der Waals surface area contributed by atoms with E-state index in [1.165, 1.54) is 35.6 Å². The van der Waals surface area contributed by atoms with Gasteiger partial charge < -0.3 is 36.4 Å². The number of aryl methyl sites for hydroxylation is 1. The predicted molar refractivity (Wildman–Crippen MR) is 147 cm³/mol. The summed E-state index contributed by atoms with van der Waals surface area (Å²) in [6.45, 7) is 3.28. The second-order valence-corrected chi connectivity index (χ2v) is 10.8. The summed E-state index contributed by atoms with van der Waals surface area (Å²) in [6.07, 6.45) is -5.17. The van der Waals surface area contributed by atoms with Crippen LogP contribution in [0.1, 0.15) is 30.6 Å². The third-order valence-electron chi connectivity index (χ3n) is 6.96. The smallest absolute Gasteiger partial charge is 0.406 e. The molecule has 0 spiro atoms. The summed E-state index contributed by atoms with van der Waals surface area (Å²) < 4.78 is 42.3. The van der Waals surface area contributed by atoms with Crippen LogP contribution in [0.15, 0.2) is 36.5 Å². The summed E-state index contributed by atoms with van der Waals surface area (Å²) in [7, 11) is 0. The van der Waals surface area contributed by atoms with Gasteiger partial charge in [0, 0.05) is 18.7 Å². The van der Waals surface area contributed by atoms with E-state index in [0.717, 1.165) is 4.70 Å². The van der Waals surface area contributed by atoms with Crippen LogP contribution in [0.3, 0.4) is 0 Å². The van der Waals surface area contributed by atoms with Crippen LogP contribution in [0, 0.1) is 12.8 Å². The first-order valence-electron chi connectivity index (χ1n) is 12.7. The fourth-order valence-corrected chi connectivity index (χ4v) is 5.91. The topological polar surface area (TPSA) is 172 Å². The molecule has 0 unspecified atom stereocenters. The standard InChI is InChI=1S/C26H28F3N7O4S/c1-11(13-3-5-15(6-4-13)40-26(27,28)29)32-25-33-12(2)18(24-35-19-17(41-24)7-8-31-22(19)30)23(36-25)34-16-9-14(10-37)20(38)21(16)39/h3-8,11,14,16,20-21,37-39H,9-10H2,1-2H3,(H2,30,31)(H2,32,33,34,36)/t11-,14-,16-,20-,21+/m1/s1. The zero-order valence-corrected chi connectivity index (χ0v) is 22.7. The number of ether oxygens (including phenoxy) is 1. The van der Waals surface area contributed by atoms with Gasteiger partial charge in [0.25, 0.3) is 0 Å². The number of nitrogens with two attached hydrogens (primary N) is 1. The maximum Gasteiger partial charge on any atom is 0.573 e. The summed E-state index contributed by atoms with van der Waals surface area (Å²) >= 11 is 1.36. The quantitative estimate of drug-likeness (QED) is 0.177. The van der Waals surface area contributed by atoms with Crippen molar-refractivity contribution in [2.75, 3.05) is 23.0 Å². The van der Waals surface area contributed by atoms with Crippen LogP contribution in [0.5, 0.6) is 5.75 Å². The summed E-state index contributed by atoms with van der Waals surface area (Å²) in [5.74, 6) is -0.0184. The fraction of sp³-hybridized carbons (Fsp3) is 0.385. The molecule has 3 aromatic heterocycles. The molecular formula is C26H28F3N7O4S. The summed E-state index contributed by atoms with van der Waals surface area (Å²) in [6, 6.07) is 6.22. The Morgan fingerprint density at radius 3 is 2.49 bits per heavy atom. The number of benzene rings is 1. The van der Waals surface area contributed by atoms with Crippen molar-refractivity contribution in [3.05, 3.63) is 47.8 Å². The number of thiazole rings is 1. The molecule has 1 aromatic carbocycles. The molecule has 0 radical (unpaired) electrons. The Morgan fingerprint density at radius 2 is 1.85 bits per heavy atom. The Bertz CT molecular complexity index is 1540. The van der Waals surface area contributed by atoms with Crippen molar-refractivity contribution >= 4 is 39.1 Å². The van der Waals surface area contributed by atoms with E-state index in [2.05, 4.69) is 35.3 Å². The highest BCUT2D eigenvalue weighted by atomic mass is 32.1. The molecule has 0 bridgehead atoms. The monoisotopic (exact) mass is 591 g/mol. The maximum atomic E-state index is 12.5. The lowest BCUT2D eigenvalue weighted by Crippen LogP contribution is -2.35. The van der Waals surface area contributed by atoms with Gasteiger partial charge in [-0.2, -0.15) is 4.98 Å². The van der Waals surface area contributed by atoms with Crippen molar-refractivity contribution in [3.63, 3.8) is 0 Å². The minimum atomic E-state index is -4.78. The number of nitrogen functional groups attached to an aromatic ring is 1. The van der Waals surface area contributed by atoms with Gasteiger partial charge in [0.1, 0.15) is 28.2 Å². The molecule has 1 aliphatic carbocycles. The lowest BCUT2D eigenvalue weighted by Gasteiger charge is -2.22. The molecule has 41 heavy (non-hydrogen) atoms. The van der Waals surface area contributed by atoms with Gasteiger partial charge in [-0.1, -0.05) is 12.1 Å². The molecular weight excluding hydrogens is 563 g/mol. The number of halogens is 3. The number of nitrogens with zero attached hydrogens (tertiary/aromatic N) is 4. The lowest BCUT2D eigenvalue weighted by atomic mass is 10.1. The predicted octanol–water partition coefficient (Wildman–Crippen LogP) is 3.63. The van der Waals surface area contributed by atoms with Gasteiger partial charge in [0.15, 0.2) is 5.82 Å². The molecule has 1 aliphatic rings. The molecule has 15 heteroatoms. The highest BCUT2D eigenvalue weighted by Gasteiger charge is 2.41. The summed E-state index contributed by atoms with van der Waals surface area (Å²) in [4.78, 5) is 18.0. The van der Waals surface area contributed by atoms with Crippen LogP contribution < -0.4 is 21.1 Å². The molecule has 1 fully saturated rings. The van der Waals surface area contributed by atoms with E-state index in [9.17, 15) is 28.5 Å². The fourth-order valence-electron chi connectivity index (χ4n) is 4.84. The first kappa shape index (κ1) is 28.7. The Balaban J connectivity index is 1.48. The third-order valence-corrected chi connectivity index (χ3v) is 8.00. The summed E-state index contributed by atoms with van der Waals surface area (Å²) in [5.41, 5.74) is 8.32. The molecule has 0 aliphatic heterocycles. The minimum Gasteiger partial charge on any atom is -0.406 e. The number of pyridine rings is 1. The van der Waals surface area contributed by atoms with E-state index in [4.69, 9.17) is 5.73 Å². The zero-order chi connectivity index (χ0) is 29.5. The number of hydrogen-bond donors (Lipinski definition) is 6. The molecule has 0 amide bonds. The van der Waals surface area contributed by atoms with E-state index in [0.29, 0.717) is 39.6 Å². The van der Waals surface area contributed by atoms with Gasteiger partial charge >= 0.3 is 6.36 Å². The zero-order valence-electron chi connectivity index (χ0n) is 21.9. The second kappa shape index (κ2) is 11.2. The Morgan fingerprint density at radius 1 is 1.12 bits per heavy atom. The van der Waals surface area contributed by atoms with Gasteiger partial charge in [-0.3, -0.25) is 0 Å².